The first-order chi connectivity index (χ1) is 8.54. The van der Waals surface area contributed by atoms with E-state index in [1.165, 1.54) is 0 Å². The molecule has 0 fully saturated rings. The van der Waals surface area contributed by atoms with E-state index in [0.717, 1.165) is 18.7 Å². The molecule has 0 spiro atoms. The molecule has 1 rings (SSSR count). The van der Waals surface area contributed by atoms with Crippen LogP contribution in [0.2, 0.25) is 0 Å². The van der Waals surface area contributed by atoms with Gasteiger partial charge in [0.2, 0.25) is 5.82 Å². The summed E-state index contributed by atoms with van der Waals surface area (Å²) in [6, 6.07) is 0. The maximum absolute atomic E-state index is 11.7. The lowest BCUT2D eigenvalue weighted by molar-refractivity contribution is 0.0943. The van der Waals surface area contributed by atoms with Crippen molar-refractivity contribution in [3.63, 3.8) is 0 Å². The lowest BCUT2D eigenvalue weighted by atomic mass is 10.3. The van der Waals surface area contributed by atoms with Gasteiger partial charge in [-0.1, -0.05) is 13.8 Å². The van der Waals surface area contributed by atoms with Crippen LogP contribution >= 0.6 is 0 Å². The third kappa shape index (κ3) is 4.56. The first-order valence-electron chi connectivity index (χ1n) is 6.06. The first kappa shape index (κ1) is 14.8. The molecule has 6 nitrogen and oxygen atoms in total. The molecular weight excluding hydrogens is 252 g/mol. The molecule has 2 unspecified atom stereocenters. The number of hydrogen-bond donors (Lipinski definition) is 2. The minimum atomic E-state index is -0.857. The Labute approximate surface area is 109 Å². The second kappa shape index (κ2) is 7.25. The molecule has 7 heteroatoms. The van der Waals surface area contributed by atoms with E-state index in [1.807, 2.05) is 13.8 Å². The van der Waals surface area contributed by atoms with Gasteiger partial charge in [0.1, 0.15) is 5.82 Å². The van der Waals surface area contributed by atoms with Crippen molar-refractivity contribution < 1.29 is 9.00 Å². The van der Waals surface area contributed by atoms with Gasteiger partial charge in [-0.2, -0.15) is 0 Å². The molecule has 0 aliphatic heterocycles. The second-order valence-corrected chi connectivity index (χ2v) is 6.01. The number of nitrogens with one attached hydrogen (secondary N) is 2. The lowest BCUT2D eigenvalue weighted by Crippen LogP contribution is -2.28. The third-order valence-electron chi connectivity index (χ3n) is 2.62. The number of aromatic amines is 1. The Morgan fingerprint density at radius 3 is 2.89 bits per heavy atom. The van der Waals surface area contributed by atoms with Gasteiger partial charge in [0.15, 0.2) is 0 Å². The van der Waals surface area contributed by atoms with Crippen LogP contribution in [-0.4, -0.2) is 43.3 Å². The number of H-pyrrole nitrogens is 1. The van der Waals surface area contributed by atoms with Crippen molar-refractivity contribution in [2.24, 2.45) is 0 Å². The Balaban J connectivity index is 2.38. The molecule has 0 radical (unpaired) electrons. The number of aryl methyl sites for hydroxylation is 1. The molecule has 102 valence electrons. The Kier molecular flexibility index (Phi) is 5.97. The minimum Gasteiger partial charge on any atom is -0.349 e. The highest BCUT2D eigenvalue weighted by molar-refractivity contribution is 7.84. The molecule has 0 bridgehead atoms. The molecule has 2 atom stereocenters. The number of hydrogen-bond acceptors (Lipinski definition) is 4. The van der Waals surface area contributed by atoms with Crippen molar-refractivity contribution in [3.8, 4) is 0 Å². The maximum atomic E-state index is 11.7. The average Bonchev–Trinajstić information content (AvgIpc) is 2.77. The fraction of sp³-hybridized carbons (Fsp3) is 0.727. The zero-order valence-corrected chi connectivity index (χ0v) is 11.8. The molecule has 1 heterocycles. The van der Waals surface area contributed by atoms with Crippen LogP contribution in [-0.2, 0) is 17.2 Å². The predicted octanol–water partition coefficient (Wildman–Crippen LogP) is 0.644. The molecule has 1 amide bonds. The first-order valence-corrected chi connectivity index (χ1v) is 7.68. The molecular formula is C11H20N4O2S. The molecule has 0 aromatic carbocycles. The molecule has 0 aliphatic rings. The molecule has 1 aromatic rings. The summed E-state index contributed by atoms with van der Waals surface area (Å²) < 4.78 is 11.1. The third-order valence-corrected chi connectivity index (χ3v) is 3.99. The van der Waals surface area contributed by atoms with E-state index in [1.54, 1.807) is 6.26 Å². The van der Waals surface area contributed by atoms with E-state index in [0.29, 0.717) is 13.0 Å². The summed E-state index contributed by atoms with van der Waals surface area (Å²) in [4.78, 5) is 15.8. The largest absolute Gasteiger partial charge is 0.349 e. The maximum Gasteiger partial charge on any atom is 0.290 e. The van der Waals surface area contributed by atoms with Crippen LogP contribution in [0.1, 0.15) is 43.1 Å². The van der Waals surface area contributed by atoms with Gasteiger partial charge < -0.3 is 5.32 Å². The SMILES string of the molecule is CCCc1nc(C(=O)NCCC(C)S(C)=O)n[nH]1. The van der Waals surface area contributed by atoms with Crippen molar-refractivity contribution in [3.05, 3.63) is 11.6 Å². The molecule has 0 saturated carbocycles. The highest BCUT2D eigenvalue weighted by Crippen LogP contribution is 1.99. The van der Waals surface area contributed by atoms with Crippen LogP contribution in [0.3, 0.4) is 0 Å². The van der Waals surface area contributed by atoms with Gasteiger partial charge in [0, 0.05) is 35.3 Å². The monoisotopic (exact) mass is 272 g/mol. The van der Waals surface area contributed by atoms with Gasteiger partial charge >= 0.3 is 0 Å². The van der Waals surface area contributed by atoms with Gasteiger partial charge in [0.05, 0.1) is 0 Å². The van der Waals surface area contributed by atoms with Gasteiger partial charge in [-0.05, 0) is 12.8 Å². The average molecular weight is 272 g/mol. The lowest BCUT2D eigenvalue weighted by Gasteiger charge is -2.07. The molecule has 0 saturated heterocycles. The van der Waals surface area contributed by atoms with Gasteiger partial charge in [-0.25, -0.2) is 4.98 Å². The predicted molar refractivity (Wildman–Crippen MR) is 70.9 cm³/mol. The normalized spacial score (nSPS) is 14.2. The Bertz CT molecular complexity index is 419. The number of rotatable bonds is 7. The van der Waals surface area contributed by atoms with Crippen LogP contribution in [0.15, 0.2) is 0 Å². The van der Waals surface area contributed by atoms with Crippen LogP contribution < -0.4 is 5.32 Å². The van der Waals surface area contributed by atoms with Crippen LogP contribution in [0.4, 0.5) is 0 Å². The second-order valence-electron chi connectivity index (χ2n) is 4.21. The van der Waals surface area contributed by atoms with E-state index < -0.39 is 10.8 Å². The van der Waals surface area contributed by atoms with Gasteiger partial charge in [-0.15, -0.1) is 5.10 Å². The van der Waals surface area contributed by atoms with Crippen molar-refractivity contribution in [1.29, 1.82) is 0 Å². The summed E-state index contributed by atoms with van der Waals surface area (Å²) in [5, 5.41) is 9.39. The van der Waals surface area contributed by atoms with E-state index in [-0.39, 0.29) is 17.0 Å². The van der Waals surface area contributed by atoms with Crippen molar-refractivity contribution in [2.75, 3.05) is 12.8 Å². The summed E-state index contributed by atoms with van der Waals surface area (Å²) in [7, 11) is -0.857. The van der Waals surface area contributed by atoms with E-state index in [2.05, 4.69) is 20.5 Å². The fourth-order valence-electron chi connectivity index (χ4n) is 1.38. The minimum absolute atomic E-state index is 0.0769. The quantitative estimate of drug-likeness (QED) is 0.762. The van der Waals surface area contributed by atoms with E-state index in [4.69, 9.17) is 0 Å². The summed E-state index contributed by atoms with van der Waals surface area (Å²) in [6.45, 7) is 4.42. The van der Waals surface area contributed by atoms with Gasteiger partial charge in [0.25, 0.3) is 5.91 Å². The topological polar surface area (TPSA) is 87.7 Å². The Morgan fingerprint density at radius 2 is 2.28 bits per heavy atom. The highest BCUT2D eigenvalue weighted by Gasteiger charge is 2.12. The number of amides is 1. The van der Waals surface area contributed by atoms with Crippen LogP contribution in [0.5, 0.6) is 0 Å². The fourth-order valence-corrected chi connectivity index (χ4v) is 1.83. The van der Waals surface area contributed by atoms with E-state index >= 15 is 0 Å². The summed E-state index contributed by atoms with van der Waals surface area (Å²) in [5.41, 5.74) is 0. The zero-order valence-electron chi connectivity index (χ0n) is 11.0. The van der Waals surface area contributed by atoms with E-state index in [9.17, 15) is 9.00 Å². The Hall–Kier alpha value is -1.24. The zero-order chi connectivity index (χ0) is 13.5. The number of aromatic nitrogens is 3. The molecule has 2 N–H and O–H groups in total. The highest BCUT2D eigenvalue weighted by atomic mass is 32.2. The molecule has 0 aliphatic carbocycles. The summed E-state index contributed by atoms with van der Waals surface area (Å²) >= 11 is 0. The van der Waals surface area contributed by atoms with Crippen LogP contribution in [0.25, 0.3) is 0 Å². The number of carbonyl (C=O) groups is 1. The number of nitrogens with zero attached hydrogens (tertiary/aromatic N) is 2. The smallest absolute Gasteiger partial charge is 0.290 e. The molecule has 18 heavy (non-hydrogen) atoms. The van der Waals surface area contributed by atoms with Gasteiger partial charge in [-0.3, -0.25) is 14.1 Å². The van der Waals surface area contributed by atoms with Crippen molar-refractivity contribution in [2.45, 2.75) is 38.4 Å². The summed E-state index contributed by atoms with van der Waals surface area (Å²) in [6.07, 6.45) is 4.09. The Morgan fingerprint density at radius 1 is 1.56 bits per heavy atom. The summed E-state index contributed by atoms with van der Waals surface area (Å²) in [5.74, 6) is 0.608. The number of carbonyl (C=O) groups excluding carboxylic acids is 1. The van der Waals surface area contributed by atoms with Crippen LogP contribution in [0, 0.1) is 0 Å². The molecule has 1 aromatic heterocycles. The standard InChI is InChI=1S/C11H20N4O2S/c1-4-5-9-13-10(15-14-9)11(16)12-7-6-8(2)18(3)17/h8H,4-7H2,1-3H3,(H,12,16)(H,13,14,15). The van der Waals surface area contributed by atoms with Crippen molar-refractivity contribution in [1.82, 2.24) is 20.5 Å². The van der Waals surface area contributed by atoms with Crippen molar-refractivity contribution >= 4 is 16.7 Å².